The van der Waals surface area contributed by atoms with Crippen molar-refractivity contribution >= 4 is 35.2 Å². The largest absolute Gasteiger partial charge is 0.508 e. The molecule has 5 rings (SSSR count). The Hall–Kier alpha value is -4.77. The first kappa shape index (κ1) is 31.6. The number of phenolic OH excluding ortho intramolecular Hbond substituents is 1. The first-order valence-electron chi connectivity index (χ1n) is 14.8. The molecule has 0 bridgehead atoms. The molecule has 0 unspecified atom stereocenters. The predicted octanol–water partition coefficient (Wildman–Crippen LogP) is 2.84. The maximum atomic E-state index is 13.9. The fourth-order valence-electron chi connectivity index (χ4n) is 5.41. The minimum Gasteiger partial charge on any atom is -0.508 e. The normalized spacial score (nSPS) is 20.5. The van der Waals surface area contributed by atoms with Crippen LogP contribution in [0.5, 0.6) is 17.2 Å². The number of aromatic hydroxyl groups is 1. The molecule has 12 heteroatoms. The third kappa shape index (κ3) is 8.45. The van der Waals surface area contributed by atoms with Gasteiger partial charge < -0.3 is 35.4 Å². The van der Waals surface area contributed by atoms with E-state index in [0.29, 0.717) is 29.5 Å². The van der Waals surface area contributed by atoms with Gasteiger partial charge in [-0.15, -0.1) is 0 Å². The van der Waals surface area contributed by atoms with E-state index in [2.05, 4.69) is 16.0 Å². The second-order valence-electron chi connectivity index (χ2n) is 10.9. The van der Waals surface area contributed by atoms with Gasteiger partial charge in [-0.25, -0.2) is 0 Å². The Morgan fingerprint density at radius 2 is 1.78 bits per heavy atom. The monoisotopic (exact) mass is 634 g/mol. The van der Waals surface area contributed by atoms with Crippen LogP contribution < -0.4 is 25.4 Å². The maximum Gasteiger partial charge on any atom is 0.255 e. The van der Waals surface area contributed by atoms with E-state index in [1.807, 2.05) is 0 Å². The molecule has 0 radical (unpaired) electrons. The zero-order valence-electron chi connectivity index (χ0n) is 24.5. The predicted molar refractivity (Wildman–Crippen MR) is 166 cm³/mol. The van der Waals surface area contributed by atoms with Crippen LogP contribution in [-0.2, 0) is 20.8 Å². The number of carbonyl (C=O) groups excluding carboxylic acids is 4. The SMILES string of the molecule is O=C1C[C@@H](C(=O)NCCOc2ccc(Cl)cc2)NC(=O)c2ccccc2OC[C@H]2CCCN2C(=O)[C@H](Cc2ccc(O)cc2)N1. The molecule has 1 fully saturated rings. The summed E-state index contributed by atoms with van der Waals surface area (Å²) in [4.78, 5) is 55.8. The highest BCUT2D eigenvalue weighted by molar-refractivity contribution is 6.30. The lowest BCUT2D eigenvalue weighted by Crippen LogP contribution is -2.54. The summed E-state index contributed by atoms with van der Waals surface area (Å²) in [6, 6.07) is 17.4. The van der Waals surface area contributed by atoms with Crippen LogP contribution in [0.1, 0.15) is 35.2 Å². The van der Waals surface area contributed by atoms with E-state index < -0.39 is 36.2 Å². The van der Waals surface area contributed by atoms with Crippen molar-refractivity contribution in [1.29, 1.82) is 0 Å². The molecule has 2 aliphatic heterocycles. The molecule has 0 spiro atoms. The highest BCUT2D eigenvalue weighted by atomic mass is 35.5. The highest BCUT2D eigenvalue weighted by Gasteiger charge is 2.36. The molecule has 11 nitrogen and oxygen atoms in total. The molecule has 4 N–H and O–H groups in total. The average molecular weight is 635 g/mol. The van der Waals surface area contributed by atoms with E-state index in [1.54, 1.807) is 65.6 Å². The number of phenols is 1. The number of hydrogen-bond acceptors (Lipinski definition) is 7. The van der Waals surface area contributed by atoms with E-state index in [1.165, 1.54) is 12.1 Å². The summed E-state index contributed by atoms with van der Waals surface area (Å²) >= 11 is 5.91. The van der Waals surface area contributed by atoms with Crippen molar-refractivity contribution in [2.24, 2.45) is 0 Å². The molecule has 2 heterocycles. The van der Waals surface area contributed by atoms with Crippen molar-refractivity contribution in [2.75, 3.05) is 26.3 Å². The van der Waals surface area contributed by atoms with Crippen molar-refractivity contribution < 1.29 is 33.8 Å². The van der Waals surface area contributed by atoms with Gasteiger partial charge in [-0.05, 0) is 66.9 Å². The molecule has 0 saturated carbocycles. The zero-order valence-corrected chi connectivity index (χ0v) is 25.3. The van der Waals surface area contributed by atoms with Gasteiger partial charge in [0, 0.05) is 18.0 Å². The molecule has 0 aromatic heterocycles. The Balaban J connectivity index is 1.36. The maximum absolute atomic E-state index is 13.9. The lowest BCUT2D eigenvalue weighted by Gasteiger charge is -2.30. The molecule has 0 aliphatic carbocycles. The van der Waals surface area contributed by atoms with E-state index in [4.69, 9.17) is 21.1 Å². The smallest absolute Gasteiger partial charge is 0.255 e. The Labute approximate surface area is 265 Å². The van der Waals surface area contributed by atoms with Crippen LogP contribution in [0.2, 0.25) is 5.02 Å². The van der Waals surface area contributed by atoms with Crippen LogP contribution in [0.3, 0.4) is 0 Å². The van der Waals surface area contributed by atoms with Gasteiger partial charge >= 0.3 is 0 Å². The van der Waals surface area contributed by atoms with Crippen LogP contribution in [0.25, 0.3) is 0 Å². The van der Waals surface area contributed by atoms with E-state index in [0.717, 1.165) is 12.0 Å². The van der Waals surface area contributed by atoms with Gasteiger partial charge in [-0.2, -0.15) is 0 Å². The summed E-state index contributed by atoms with van der Waals surface area (Å²) in [6.07, 6.45) is 1.24. The Kier molecular flexibility index (Phi) is 10.4. The fraction of sp³-hybridized carbons (Fsp3) is 0.333. The number of halogens is 1. The summed E-state index contributed by atoms with van der Waals surface area (Å²) in [5, 5.41) is 18.5. The van der Waals surface area contributed by atoms with Crippen molar-refractivity contribution in [2.45, 2.75) is 43.8 Å². The lowest BCUT2D eigenvalue weighted by atomic mass is 10.0. The highest BCUT2D eigenvalue weighted by Crippen LogP contribution is 2.24. The van der Waals surface area contributed by atoms with Crippen LogP contribution in [-0.4, -0.2) is 78.1 Å². The standard InChI is InChI=1S/C33H35ClN4O7/c34-22-9-13-25(14-10-22)44-17-15-35-32(42)27-19-30(40)36-28(18-21-7-11-24(39)12-8-21)33(43)38-16-3-4-23(38)20-45-29-6-2-1-5-26(29)31(41)37-27/h1-2,5-14,23,27-28,39H,3-4,15-20H2,(H,35,42)(H,36,40)(H,37,41)/t23-,27+,28+/m1/s1. The number of nitrogens with zero attached hydrogens (tertiary/aromatic N) is 1. The fourth-order valence-corrected chi connectivity index (χ4v) is 5.54. The summed E-state index contributed by atoms with van der Waals surface area (Å²) in [5.74, 6) is -1.05. The molecule has 4 amide bonds. The number of amides is 4. The molecular formula is C33H35ClN4O7. The van der Waals surface area contributed by atoms with Crippen molar-refractivity contribution in [3.63, 3.8) is 0 Å². The second kappa shape index (κ2) is 14.8. The van der Waals surface area contributed by atoms with Crippen LogP contribution >= 0.6 is 11.6 Å². The number of benzene rings is 3. The number of carbonyl (C=O) groups is 4. The van der Waals surface area contributed by atoms with Crippen LogP contribution in [0.4, 0.5) is 0 Å². The third-order valence-electron chi connectivity index (χ3n) is 7.73. The van der Waals surface area contributed by atoms with Crippen molar-refractivity contribution in [3.8, 4) is 17.2 Å². The quantitative estimate of drug-likeness (QED) is 0.292. The summed E-state index contributed by atoms with van der Waals surface area (Å²) in [6.45, 7) is 0.901. The second-order valence-corrected chi connectivity index (χ2v) is 11.4. The first-order chi connectivity index (χ1) is 21.8. The summed E-state index contributed by atoms with van der Waals surface area (Å²) in [5.41, 5.74) is 0.941. The Morgan fingerprint density at radius 1 is 1.02 bits per heavy atom. The number of ether oxygens (including phenoxy) is 2. The molecule has 1 saturated heterocycles. The van der Waals surface area contributed by atoms with Gasteiger partial charge in [-0.1, -0.05) is 35.9 Å². The molecule has 2 aliphatic rings. The summed E-state index contributed by atoms with van der Waals surface area (Å²) < 4.78 is 11.7. The number of fused-ring (bicyclic) bond motifs is 2. The topological polar surface area (TPSA) is 146 Å². The first-order valence-corrected chi connectivity index (χ1v) is 15.2. The van der Waals surface area contributed by atoms with Crippen LogP contribution in [0.15, 0.2) is 72.8 Å². The summed E-state index contributed by atoms with van der Waals surface area (Å²) in [7, 11) is 0. The molecular weight excluding hydrogens is 600 g/mol. The average Bonchev–Trinajstić information content (AvgIpc) is 3.51. The van der Waals surface area contributed by atoms with Crippen LogP contribution in [0, 0.1) is 0 Å². The molecule has 3 aromatic carbocycles. The van der Waals surface area contributed by atoms with Gasteiger partial charge in [0.2, 0.25) is 17.7 Å². The van der Waals surface area contributed by atoms with E-state index in [9.17, 15) is 24.3 Å². The number of hydrogen-bond donors (Lipinski definition) is 4. The van der Waals surface area contributed by atoms with E-state index >= 15 is 0 Å². The number of nitrogens with one attached hydrogen (secondary N) is 3. The van der Waals surface area contributed by atoms with Crippen molar-refractivity contribution in [1.82, 2.24) is 20.9 Å². The zero-order chi connectivity index (χ0) is 31.8. The minimum absolute atomic E-state index is 0.0836. The van der Waals surface area contributed by atoms with Gasteiger partial charge in [0.1, 0.15) is 42.5 Å². The van der Waals surface area contributed by atoms with Gasteiger partial charge in [-0.3, -0.25) is 19.2 Å². The molecule has 3 aromatic rings. The van der Waals surface area contributed by atoms with Crippen molar-refractivity contribution in [3.05, 3.63) is 88.9 Å². The number of rotatable bonds is 7. The lowest BCUT2D eigenvalue weighted by molar-refractivity contribution is -0.138. The molecule has 236 valence electrons. The Morgan fingerprint density at radius 3 is 2.56 bits per heavy atom. The van der Waals surface area contributed by atoms with Gasteiger partial charge in [0.25, 0.3) is 5.91 Å². The molecule has 3 atom stereocenters. The number of para-hydroxylation sites is 1. The minimum atomic E-state index is -1.26. The van der Waals surface area contributed by atoms with Gasteiger partial charge in [0.05, 0.1) is 24.6 Å². The third-order valence-corrected chi connectivity index (χ3v) is 7.98. The van der Waals surface area contributed by atoms with Gasteiger partial charge in [0.15, 0.2) is 0 Å². The molecule has 45 heavy (non-hydrogen) atoms. The van der Waals surface area contributed by atoms with E-state index in [-0.39, 0.29) is 49.4 Å². The Bertz CT molecular complexity index is 1520.